The molecule has 1 aliphatic rings. The lowest BCUT2D eigenvalue weighted by Crippen LogP contribution is -2.13. The zero-order chi connectivity index (χ0) is 14.7. The lowest BCUT2D eigenvalue weighted by Gasteiger charge is -2.16. The van der Waals surface area contributed by atoms with E-state index in [1.165, 1.54) is 47.9 Å². The molecule has 110 valence electrons. The predicted octanol–water partition coefficient (Wildman–Crippen LogP) is 4.05. The number of rotatable bonds is 4. The molecule has 2 aromatic rings. The van der Waals surface area contributed by atoms with Crippen LogP contribution in [0.3, 0.4) is 0 Å². The lowest BCUT2D eigenvalue weighted by molar-refractivity contribution is 0.686. The van der Waals surface area contributed by atoms with E-state index in [2.05, 4.69) is 49.5 Å². The highest BCUT2D eigenvalue weighted by atomic mass is 14.8. The summed E-state index contributed by atoms with van der Waals surface area (Å²) in [6.45, 7) is 6.13. The molecule has 0 saturated carbocycles. The summed E-state index contributed by atoms with van der Waals surface area (Å²) in [6.07, 6.45) is 5.12. The summed E-state index contributed by atoms with van der Waals surface area (Å²) in [6, 6.07) is 11.2. The van der Waals surface area contributed by atoms with Gasteiger partial charge in [0.15, 0.2) is 0 Å². The Balaban J connectivity index is 1.88. The van der Waals surface area contributed by atoms with Crippen LogP contribution >= 0.6 is 0 Å². The van der Waals surface area contributed by atoms with Crippen molar-refractivity contribution in [2.24, 2.45) is 0 Å². The number of nitrogens with one attached hydrogen (secondary N) is 1. The Morgan fingerprint density at radius 3 is 2.62 bits per heavy atom. The minimum atomic E-state index is 0.903. The smallest absolute Gasteiger partial charge is 0.0705 e. The Morgan fingerprint density at radius 1 is 1.05 bits per heavy atom. The van der Waals surface area contributed by atoms with E-state index in [-0.39, 0.29) is 0 Å². The Hall–Kier alpha value is -1.67. The third-order valence-electron chi connectivity index (χ3n) is 4.40. The predicted molar refractivity (Wildman–Crippen MR) is 88.4 cm³/mol. The van der Waals surface area contributed by atoms with Crippen LogP contribution in [0.4, 0.5) is 0 Å². The van der Waals surface area contributed by atoms with Crippen LogP contribution in [0.15, 0.2) is 30.3 Å². The van der Waals surface area contributed by atoms with E-state index < -0.39 is 0 Å². The maximum absolute atomic E-state index is 4.81. The molecule has 0 saturated heterocycles. The average molecular weight is 280 g/mol. The molecule has 1 aliphatic carbocycles. The molecule has 3 rings (SSSR count). The summed E-state index contributed by atoms with van der Waals surface area (Å²) < 4.78 is 0. The summed E-state index contributed by atoms with van der Waals surface area (Å²) in [5.41, 5.74) is 7.83. The highest BCUT2D eigenvalue weighted by Crippen LogP contribution is 2.27. The number of benzene rings is 1. The molecule has 1 N–H and O–H groups in total. The maximum atomic E-state index is 4.81. The van der Waals surface area contributed by atoms with Crippen LogP contribution in [0, 0.1) is 6.92 Å². The van der Waals surface area contributed by atoms with Gasteiger partial charge < -0.3 is 5.32 Å². The van der Waals surface area contributed by atoms with Crippen LogP contribution in [0.5, 0.6) is 0 Å². The largest absolute Gasteiger partial charge is 0.313 e. The highest BCUT2D eigenvalue weighted by molar-refractivity contribution is 5.62. The molecule has 2 nitrogen and oxygen atoms in total. The van der Waals surface area contributed by atoms with E-state index in [0.29, 0.717) is 0 Å². The SMILES string of the molecule is CCNCc1ccc(-c2ccc3c(c2)CCCC3)nc1C. The Morgan fingerprint density at radius 2 is 1.86 bits per heavy atom. The Kier molecular flexibility index (Phi) is 4.35. The molecule has 1 aromatic heterocycles. The van der Waals surface area contributed by atoms with Crippen LogP contribution in [-0.4, -0.2) is 11.5 Å². The van der Waals surface area contributed by atoms with E-state index in [1.807, 2.05) is 0 Å². The van der Waals surface area contributed by atoms with E-state index in [4.69, 9.17) is 4.98 Å². The molecular weight excluding hydrogens is 256 g/mol. The van der Waals surface area contributed by atoms with Gasteiger partial charge in [0.1, 0.15) is 0 Å². The molecule has 0 atom stereocenters. The van der Waals surface area contributed by atoms with Gasteiger partial charge in [0.2, 0.25) is 0 Å². The van der Waals surface area contributed by atoms with Gasteiger partial charge >= 0.3 is 0 Å². The molecule has 0 bridgehead atoms. The summed E-state index contributed by atoms with van der Waals surface area (Å²) in [4.78, 5) is 4.81. The number of hydrogen-bond acceptors (Lipinski definition) is 2. The Bertz CT molecular complexity index is 631. The van der Waals surface area contributed by atoms with Gasteiger partial charge in [0.05, 0.1) is 5.69 Å². The zero-order valence-corrected chi connectivity index (χ0v) is 13.1. The van der Waals surface area contributed by atoms with Crippen molar-refractivity contribution in [3.05, 3.63) is 52.7 Å². The third kappa shape index (κ3) is 3.16. The third-order valence-corrected chi connectivity index (χ3v) is 4.40. The van der Waals surface area contributed by atoms with Crippen LogP contribution in [0.1, 0.15) is 42.1 Å². The second-order valence-electron chi connectivity index (χ2n) is 5.91. The molecular formula is C19H24N2. The van der Waals surface area contributed by atoms with E-state index in [0.717, 1.165) is 24.5 Å². The topological polar surface area (TPSA) is 24.9 Å². The molecule has 0 fully saturated rings. The minimum Gasteiger partial charge on any atom is -0.313 e. The summed E-state index contributed by atoms with van der Waals surface area (Å²) in [5.74, 6) is 0. The highest BCUT2D eigenvalue weighted by Gasteiger charge is 2.11. The van der Waals surface area contributed by atoms with Crippen molar-refractivity contribution in [3.63, 3.8) is 0 Å². The molecule has 0 radical (unpaired) electrons. The Labute approximate surface area is 127 Å². The first-order chi connectivity index (χ1) is 10.3. The van der Waals surface area contributed by atoms with Crippen LogP contribution in [0.2, 0.25) is 0 Å². The second-order valence-corrected chi connectivity index (χ2v) is 5.91. The molecule has 0 amide bonds. The summed E-state index contributed by atoms with van der Waals surface area (Å²) in [5, 5.41) is 3.37. The number of pyridine rings is 1. The standard InChI is InChI=1S/C19H24N2/c1-3-20-13-18-10-11-19(21-14(18)2)17-9-8-15-6-4-5-7-16(15)12-17/h8-12,20H,3-7,13H2,1-2H3. The van der Waals surface area contributed by atoms with Gasteiger partial charge in [-0.15, -0.1) is 0 Å². The van der Waals surface area contributed by atoms with Gasteiger partial charge in [-0.25, -0.2) is 0 Å². The first kappa shape index (κ1) is 14.3. The van der Waals surface area contributed by atoms with Gasteiger partial charge in [-0.2, -0.15) is 0 Å². The van der Waals surface area contributed by atoms with Crippen LogP contribution in [-0.2, 0) is 19.4 Å². The minimum absolute atomic E-state index is 0.903. The normalized spacial score (nSPS) is 14.0. The van der Waals surface area contributed by atoms with E-state index in [9.17, 15) is 0 Å². The van der Waals surface area contributed by atoms with Crippen LogP contribution < -0.4 is 5.32 Å². The van der Waals surface area contributed by atoms with Crippen molar-refractivity contribution < 1.29 is 0 Å². The monoisotopic (exact) mass is 280 g/mol. The summed E-state index contributed by atoms with van der Waals surface area (Å²) >= 11 is 0. The van der Waals surface area contributed by atoms with Crippen molar-refractivity contribution >= 4 is 0 Å². The lowest BCUT2D eigenvalue weighted by atomic mass is 9.90. The second kappa shape index (κ2) is 6.40. The maximum Gasteiger partial charge on any atom is 0.0705 e. The molecule has 1 heterocycles. The van der Waals surface area contributed by atoms with E-state index >= 15 is 0 Å². The van der Waals surface area contributed by atoms with E-state index in [1.54, 1.807) is 0 Å². The molecule has 21 heavy (non-hydrogen) atoms. The van der Waals surface area contributed by atoms with Gasteiger partial charge in [-0.05, 0) is 68.0 Å². The number of aromatic nitrogens is 1. The summed E-state index contributed by atoms with van der Waals surface area (Å²) in [7, 11) is 0. The molecule has 1 aromatic carbocycles. The molecule has 2 heteroatoms. The number of fused-ring (bicyclic) bond motifs is 1. The van der Waals surface area contributed by atoms with Gasteiger partial charge in [0, 0.05) is 17.8 Å². The first-order valence-electron chi connectivity index (χ1n) is 8.07. The fraction of sp³-hybridized carbons (Fsp3) is 0.421. The number of hydrogen-bond donors (Lipinski definition) is 1. The molecule has 0 aliphatic heterocycles. The zero-order valence-electron chi connectivity index (χ0n) is 13.1. The van der Waals surface area contributed by atoms with Gasteiger partial charge in [-0.1, -0.05) is 25.1 Å². The quantitative estimate of drug-likeness (QED) is 0.914. The first-order valence-corrected chi connectivity index (χ1v) is 8.07. The molecule has 0 unspecified atom stereocenters. The number of nitrogens with zero attached hydrogens (tertiary/aromatic N) is 1. The van der Waals surface area contributed by atoms with Crippen molar-refractivity contribution in [1.29, 1.82) is 0 Å². The average Bonchev–Trinajstić information content (AvgIpc) is 2.53. The van der Waals surface area contributed by atoms with Gasteiger partial charge in [-0.3, -0.25) is 4.98 Å². The van der Waals surface area contributed by atoms with Crippen molar-refractivity contribution in [2.75, 3.05) is 6.54 Å². The van der Waals surface area contributed by atoms with Crippen molar-refractivity contribution in [3.8, 4) is 11.3 Å². The fourth-order valence-electron chi connectivity index (χ4n) is 3.09. The molecule has 0 spiro atoms. The fourth-order valence-corrected chi connectivity index (χ4v) is 3.09. The van der Waals surface area contributed by atoms with Crippen molar-refractivity contribution in [1.82, 2.24) is 10.3 Å². The number of aryl methyl sites for hydroxylation is 3. The van der Waals surface area contributed by atoms with Gasteiger partial charge in [0.25, 0.3) is 0 Å². The van der Waals surface area contributed by atoms with Crippen molar-refractivity contribution in [2.45, 2.75) is 46.1 Å². The van der Waals surface area contributed by atoms with Crippen LogP contribution in [0.25, 0.3) is 11.3 Å².